The Hall–Kier alpha value is -3.38. The number of nitrogens with zero attached hydrogens (tertiary/aromatic N) is 4. The highest BCUT2D eigenvalue weighted by Gasteiger charge is 2.32. The molecule has 2 aliphatic heterocycles. The topological polar surface area (TPSA) is 57.3 Å². The van der Waals surface area contributed by atoms with Crippen molar-refractivity contribution in [1.82, 2.24) is 15.0 Å². The SMILES string of the molecule is Cc1ccc(C(C)C)cc1N1CCc2nc(-c3cccc4[nH]cc(C)c34)nc(N3CCOC(C)(C)C3)c2C1. The van der Waals surface area contributed by atoms with Gasteiger partial charge in [-0.1, -0.05) is 38.1 Å². The van der Waals surface area contributed by atoms with Crippen LogP contribution in [0.2, 0.25) is 0 Å². The van der Waals surface area contributed by atoms with Gasteiger partial charge in [0.15, 0.2) is 5.82 Å². The molecule has 0 bridgehead atoms. The number of rotatable bonds is 4. The summed E-state index contributed by atoms with van der Waals surface area (Å²) in [5, 5.41) is 1.21. The Morgan fingerprint density at radius 2 is 1.84 bits per heavy atom. The van der Waals surface area contributed by atoms with Crippen molar-refractivity contribution >= 4 is 22.4 Å². The lowest BCUT2D eigenvalue weighted by Crippen LogP contribution is -2.49. The van der Waals surface area contributed by atoms with Crippen LogP contribution in [0.15, 0.2) is 42.6 Å². The minimum absolute atomic E-state index is 0.218. The van der Waals surface area contributed by atoms with E-state index in [1.54, 1.807) is 0 Å². The van der Waals surface area contributed by atoms with Crippen LogP contribution in [0.5, 0.6) is 0 Å². The van der Waals surface area contributed by atoms with Crippen molar-refractivity contribution in [2.24, 2.45) is 0 Å². The molecule has 2 aromatic heterocycles. The molecule has 0 amide bonds. The zero-order valence-corrected chi connectivity index (χ0v) is 23.6. The van der Waals surface area contributed by atoms with Gasteiger partial charge in [-0.3, -0.25) is 0 Å². The molecule has 1 saturated heterocycles. The summed E-state index contributed by atoms with van der Waals surface area (Å²) >= 11 is 0. The summed E-state index contributed by atoms with van der Waals surface area (Å²) in [5.41, 5.74) is 9.68. The van der Waals surface area contributed by atoms with Crippen LogP contribution in [0.1, 0.15) is 61.6 Å². The number of H-pyrrole nitrogens is 1. The third kappa shape index (κ3) is 4.45. The third-order valence-corrected chi connectivity index (χ3v) is 8.15. The number of aryl methyl sites for hydroxylation is 2. The fourth-order valence-electron chi connectivity index (χ4n) is 6.05. The van der Waals surface area contributed by atoms with E-state index in [9.17, 15) is 0 Å². The van der Waals surface area contributed by atoms with Crippen LogP contribution in [0.25, 0.3) is 22.3 Å². The molecule has 2 aliphatic rings. The number of aromatic amines is 1. The van der Waals surface area contributed by atoms with Crippen molar-refractivity contribution in [2.75, 3.05) is 36.0 Å². The average molecular weight is 510 g/mol. The monoisotopic (exact) mass is 509 g/mol. The molecule has 198 valence electrons. The number of aromatic nitrogens is 3. The molecule has 1 fully saturated rings. The van der Waals surface area contributed by atoms with Crippen molar-refractivity contribution in [3.05, 3.63) is 70.5 Å². The zero-order chi connectivity index (χ0) is 26.6. The smallest absolute Gasteiger partial charge is 0.162 e. The summed E-state index contributed by atoms with van der Waals surface area (Å²) in [4.78, 5) is 18.9. The summed E-state index contributed by atoms with van der Waals surface area (Å²) in [6, 6.07) is 13.3. The van der Waals surface area contributed by atoms with Gasteiger partial charge in [0.2, 0.25) is 0 Å². The first kappa shape index (κ1) is 24.9. The zero-order valence-electron chi connectivity index (χ0n) is 23.6. The third-order valence-electron chi connectivity index (χ3n) is 8.15. The van der Waals surface area contributed by atoms with Gasteiger partial charge in [0.1, 0.15) is 5.82 Å². The number of hydrogen-bond acceptors (Lipinski definition) is 5. The average Bonchev–Trinajstić information content (AvgIpc) is 3.28. The number of nitrogens with one attached hydrogen (secondary N) is 1. The summed E-state index contributed by atoms with van der Waals surface area (Å²) in [7, 11) is 0. The molecule has 0 radical (unpaired) electrons. The standard InChI is InChI=1S/C32H39N5O/c1-20(2)23-11-10-21(3)28(16-23)36-13-12-26-25(18-36)31(37-14-15-38-32(5,6)19-37)35-30(34-26)24-8-7-9-27-29(24)22(4)17-33-27/h7-11,16-17,20,33H,12-15,18-19H2,1-6H3. The first-order valence-corrected chi connectivity index (χ1v) is 13.9. The molecule has 6 heteroatoms. The van der Waals surface area contributed by atoms with E-state index >= 15 is 0 Å². The first-order valence-electron chi connectivity index (χ1n) is 13.9. The van der Waals surface area contributed by atoms with Gasteiger partial charge in [0.25, 0.3) is 0 Å². The maximum atomic E-state index is 6.08. The van der Waals surface area contributed by atoms with Crippen molar-refractivity contribution in [3.8, 4) is 11.4 Å². The van der Waals surface area contributed by atoms with E-state index in [-0.39, 0.29) is 5.60 Å². The highest BCUT2D eigenvalue weighted by Crippen LogP contribution is 2.37. The van der Waals surface area contributed by atoms with Gasteiger partial charge in [-0.2, -0.15) is 0 Å². The molecule has 2 aromatic carbocycles. The van der Waals surface area contributed by atoms with E-state index in [4.69, 9.17) is 14.7 Å². The van der Waals surface area contributed by atoms with Crippen molar-refractivity contribution < 1.29 is 4.74 Å². The summed E-state index contributed by atoms with van der Waals surface area (Å²) in [6.45, 7) is 17.4. The normalized spacial score (nSPS) is 17.3. The molecular weight excluding hydrogens is 470 g/mol. The number of morpholine rings is 1. The maximum absolute atomic E-state index is 6.08. The lowest BCUT2D eigenvalue weighted by molar-refractivity contribution is -0.0279. The Kier molecular flexibility index (Phi) is 6.18. The Labute approximate surface area is 226 Å². The van der Waals surface area contributed by atoms with Gasteiger partial charge in [-0.05, 0) is 62.4 Å². The summed E-state index contributed by atoms with van der Waals surface area (Å²) in [5.74, 6) is 2.39. The number of hydrogen-bond donors (Lipinski definition) is 1. The fraction of sp³-hybridized carbons (Fsp3) is 0.438. The van der Waals surface area contributed by atoms with E-state index < -0.39 is 0 Å². The lowest BCUT2D eigenvalue weighted by atomic mass is 9.97. The molecule has 4 heterocycles. The molecule has 0 unspecified atom stereocenters. The second-order valence-corrected chi connectivity index (χ2v) is 11.9. The highest BCUT2D eigenvalue weighted by molar-refractivity contribution is 5.96. The number of fused-ring (bicyclic) bond motifs is 2. The largest absolute Gasteiger partial charge is 0.372 e. The number of ether oxygens (including phenoxy) is 1. The minimum Gasteiger partial charge on any atom is -0.372 e. The van der Waals surface area contributed by atoms with E-state index in [1.165, 1.54) is 39.0 Å². The first-order chi connectivity index (χ1) is 18.2. The van der Waals surface area contributed by atoms with Crippen LogP contribution >= 0.6 is 0 Å². The van der Waals surface area contributed by atoms with Gasteiger partial charge in [0, 0.05) is 66.5 Å². The van der Waals surface area contributed by atoms with Crippen LogP contribution in [0.4, 0.5) is 11.5 Å². The van der Waals surface area contributed by atoms with Crippen molar-refractivity contribution in [1.29, 1.82) is 0 Å². The second kappa shape index (κ2) is 9.42. The number of benzene rings is 2. The van der Waals surface area contributed by atoms with E-state index in [0.29, 0.717) is 12.5 Å². The molecule has 0 saturated carbocycles. The Morgan fingerprint density at radius 1 is 1.00 bits per heavy atom. The molecule has 0 aliphatic carbocycles. The lowest BCUT2D eigenvalue weighted by Gasteiger charge is -2.41. The summed E-state index contributed by atoms with van der Waals surface area (Å²) < 4.78 is 6.08. The molecule has 6 nitrogen and oxygen atoms in total. The van der Waals surface area contributed by atoms with Gasteiger partial charge in [-0.15, -0.1) is 0 Å². The highest BCUT2D eigenvalue weighted by atomic mass is 16.5. The molecule has 4 aromatic rings. The predicted octanol–water partition coefficient (Wildman–Crippen LogP) is 6.54. The van der Waals surface area contributed by atoms with E-state index in [0.717, 1.165) is 55.3 Å². The van der Waals surface area contributed by atoms with Crippen LogP contribution in [-0.2, 0) is 17.7 Å². The number of anilines is 2. The van der Waals surface area contributed by atoms with Gasteiger partial charge in [-0.25, -0.2) is 9.97 Å². The molecule has 6 rings (SSSR count). The molecular formula is C32H39N5O. The predicted molar refractivity (Wildman–Crippen MR) is 156 cm³/mol. The second-order valence-electron chi connectivity index (χ2n) is 11.9. The van der Waals surface area contributed by atoms with E-state index in [1.807, 2.05) is 0 Å². The van der Waals surface area contributed by atoms with Crippen LogP contribution in [0.3, 0.4) is 0 Å². The maximum Gasteiger partial charge on any atom is 0.162 e. The minimum atomic E-state index is -0.218. The summed E-state index contributed by atoms with van der Waals surface area (Å²) in [6.07, 6.45) is 2.97. The Morgan fingerprint density at radius 3 is 2.63 bits per heavy atom. The molecule has 0 atom stereocenters. The van der Waals surface area contributed by atoms with Gasteiger partial charge >= 0.3 is 0 Å². The van der Waals surface area contributed by atoms with Gasteiger partial charge < -0.3 is 19.5 Å². The van der Waals surface area contributed by atoms with Crippen LogP contribution in [-0.4, -0.2) is 46.8 Å². The van der Waals surface area contributed by atoms with E-state index in [2.05, 4.69) is 98.9 Å². The Bertz CT molecular complexity index is 1500. The quantitative estimate of drug-likeness (QED) is 0.338. The van der Waals surface area contributed by atoms with Crippen LogP contribution < -0.4 is 9.80 Å². The molecule has 1 N–H and O–H groups in total. The molecule has 38 heavy (non-hydrogen) atoms. The Balaban J connectivity index is 1.47. The van der Waals surface area contributed by atoms with Crippen molar-refractivity contribution in [3.63, 3.8) is 0 Å². The van der Waals surface area contributed by atoms with Gasteiger partial charge in [0.05, 0.1) is 17.9 Å². The molecule has 0 spiro atoms. The fourth-order valence-corrected chi connectivity index (χ4v) is 6.05. The van der Waals surface area contributed by atoms with Crippen LogP contribution in [0, 0.1) is 13.8 Å². The van der Waals surface area contributed by atoms with Crippen molar-refractivity contribution in [2.45, 2.75) is 66.0 Å².